The summed E-state index contributed by atoms with van der Waals surface area (Å²) >= 11 is 3.26. The SMILES string of the molecule is Cc1nc(Br)cc(Oc2ccc([N+](=O)[O-])cc2C)n1. The number of aromatic nitrogens is 2. The second kappa shape index (κ2) is 5.31. The highest BCUT2D eigenvalue weighted by molar-refractivity contribution is 9.10. The normalized spacial score (nSPS) is 10.3. The fraction of sp³-hybridized carbons (Fsp3) is 0.167. The molecule has 0 atom stereocenters. The van der Waals surface area contributed by atoms with Crippen LogP contribution in [0.1, 0.15) is 11.4 Å². The molecule has 6 nitrogen and oxygen atoms in total. The number of ether oxygens (including phenoxy) is 1. The van der Waals surface area contributed by atoms with Gasteiger partial charge in [0.1, 0.15) is 16.2 Å². The molecule has 0 aliphatic heterocycles. The summed E-state index contributed by atoms with van der Waals surface area (Å²) in [6.45, 7) is 3.49. The molecule has 7 heteroatoms. The van der Waals surface area contributed by atoms with Gasteiger partial charge in [-0.3, -0.25) is 10.1 Å². The van der Waals surface area contributed by atoms with Crippen molar-refractivity contribution >= 4 is 21.6 Å². The minimum Gasteiger partial charge on any atom is -0.439 e. The molecule has 0 spiro atoms. The van der Waals surface area contributed by atoms with Gasteiger partial charge in [-0.2, -0.15) is 4.98 Å². The Kier molecular flexibility index (Phi) is 3.75. The molecule has 1 aromatic carbocycles. The lowest BCUT2D eigenvalue weighted by atomic mass is 10.2. The summed E-state index contributed by atoms with van der Waals surface area (Å²) in [5.74, 6) is 1.48. The van der Waals surface area contributed by atoms with Crippen molar-refractivity contribution in [3.63, 3.8) is 0 Å². The van der Waals surface area contributed by atoms with E-state index >= 15 is 0 Å². The van der Waals surface area contributed by atoms with E-state index in [1.165, 1.54) is 12.1 Å². The van der Waals surface area contributed by atoms with Gasteiger partial charge >= 0.3 is 0 Å². The zero-order valence-corrected chi connectivity index (χ0v) is 11.8. The fourth-order valence-corrected chi connectivity index (χ4v) is 1.98. The van der Waals surface area contributed by atoms with Gasteiger partial charge in [0, 0.05) is 18.2 Å². The second-order valence-electron chi connectivity index (χ2n) is 3.89. The van der Waals surface area contributed by atoms with E-state index in [0.29, 0.717) is 27.6 Å². The average Bonchev–Trinajstić information content (AvgIpc) is 2.30. The third kappa shape index (κ3) is 3.25. The maximum absolute atomic E-state index is 10.7. The molecule has 1 aromatic heterocycles. The van der Waals surface area contributed by atoms with Crippen LogP contribution < -0.4 is 4.74 Å². The summed E-state index contributed by atoms with van der Waals surface area (Å²) in [5, 5.41) is 10.7. The molecule has 0 aliphatic carbocycles. The van der Waals surface area contributed by atoms with Crippen molar-refractivity contribution in [2.45, 2.75) is 13.8 Å². The molecule has 0 bridgehead atoms. The second-order valence-corrected chi connectivity index (χ2v) is 4.70. The van der Waals surface area contributed by atoms with Crippen molar-refractivity contribution in [2.24, 2.45) is 0 Å². The number of halogens is 1. The van der Waals surface area contributed by atoms with Crippen molar-refractivity contribution in [3.8, 4) is 11.6 Å². The van der Waals surface area contributed by atoms with Crippen molar-refractivity contribution in [1.29, 1.82) is 0 Å². The highest BCUT2D eigenvalue weighted by atomic mass is 79.9. The van der Waals surface area contributed by atoms with Gasteiger partial charge in [0.25, 0.3) is 5.69 Å². The highest BCUT2D eigenvalue weighted by Gasteiger charge is 2.10. The molecular formula is C12H10BrN3O3. The van der Waals surface area contributed by atoms with Gasteiger partial charge in [-0.25, -0.2) is 4.98 Å². The van der Waals surface area contributed by atoms with E-state index in [9.17, 15) is 10.1 Å². The minimum absolute atomic E-state index is 0.0323. The monoisotopic (exact) mass is 323 g/mol. The number of non-ortho nitro benzene ring substituents is 1. The number of nitro benzene ring substituents is 1. The van der Waals surface area contributed by atoms with Crippen LogP contribution in [0.5, 0.6) is 11.6 Å². The topological polar surface area (TPSA) is 78.2 Å². The summed E-state index contributed by atoms with van der Waals surface area (Å²) < 4.78 is 6.22. The van der Waals surface area contributed by atoms with E-state index in [2.05, 4.69) is 25.9 Å². The predicted molar refractivity (Wildman–Crippen MR) is 72.4 cm³/mol. The van der Waals surface area contributed by atoms with Crippen LogP contribution in [0.25, 0.3) is 0 Å². The van der Waals surface area contributed by atoms with Crippen molar-refractivity contribution in [3.05, 3.63) is 50.4 Å². The molecule has 0 radical (unpaired) electrons. The van der Waals surface area contributed by atoms with E-state index in [0.717, 1.165) is 0 Å². The lowest BCUT2D eigenvalue weighted by molar-refractivity contribution is -0.384. The van der Waals surface area contributed by atoms with Gasteiger partial charge in [-0.1, -0.05) is 0 Å². The molecule has 0 amide bonds. The zero-order chi connectivity index (χ0) is 14.0. The average molecular weight is 324 g/mol. The maximum Gasteiger partial charge on any atom is 0.269 e. The van der Waals surface area contributed by atoms with E-state index in [1.807, 2.05) is 0 Å². The molecule has 98 valence electrons. The van der Waals surface area contributed by atoms with Gasteiger partial charge in [-0.15, -0.1) is 0 Å². The molecular weight excluding hydrogens is 314 g/mol. The number of hydrogen-bond acceptors (Lipinski definition) is 5. The smallest absolute Gasteiger partial charge is 0.269 e. The third-order valence-electron chi connectivity index (χ3n) is 2.37. The number of nitro groups is 1. The molecule has 0 saturated heterocycles. The Balaban J connectivity index is 2.30. The van der Waals surface area contributed by atoms with Crippen LogP contribution in [-0.4, -0.2) is 14.9 Å². The van der Waals surface area contributed by atoms with E-state index in [4.69, 9.17) is 4.74 Å². The highest BCUT2D eigenvalue weighted by Crippen LogP contribution is 2.28. The Morgan fingerprint density at radius 3 is 2.58 bits per heavy atom. The largest absolute Gasteiger partial charge is 0.439 e. The molecule has 2 aromatic rings. The van der Waals surface area contributed by atoms with Gasteiger partial charge in [0.05, 0.1) is 4.92 Å². The molecule has 0 saturated carbocycles. The quantitative estimate of drug-likeness (QED) is 0.490. The van der Waals surface area contributed by atoms with Gasteiger partial charge < -0.3 is 4.74 Å². The van der Waals surface area contributed by atoms with Crippen LogP contribution in [0.15, 0.2) is 28.9 Å². The molecule has 0 N–H and O–H groups in total. The number of aryl methyl sites for hydroxylation is 2. The molecule has 2 rings (SSSR count). The lowest BCUT2D eigenvalue weighted by Gasteiger charge is -2.08. The first-order valence-electron chi connectivity index (χ1n) is 5.40. The van der Waals surface area contributed by atoms with Crippen molar-refractivity contribution in [1.82, 2.24) is 9.97 Å². The van der Waals surface area contributed by atoms with Crippen molar-refractivity contribution < 1.29 is 9.66 Å². The summed E-state index contributed by atoms with van der Waals surface area (Å²) in [7, 11) is 0. The Bertz CT molecular complexity index is 626. The van der Waals surface area contributed by atoms with Gasteiger partial charge in [0.15, 0.2) is 0 Å². The summed E-state index contributed by atoms with van der Waals surface area (Å²) in [4.78, 5) is 18.4. The maximum atomic E-state index is 10.7. The Hall–Kier alpha value is -2.02. The van der Waals surface area contributed by atoms with E-state index in [1.54, 1.807) is 26.0 Å². The summed E-state index contributed by atoms with van der Waals surface area (Å²) in [5.41, 5.74) is 0.700. The first-order valence-corrected chi connectivity index (χ1v) is 6.19. The van der Waals surface area contributed by atoms with E-state index < -0.39 is 4.92 Å². The van der Waals surface area contributed by atoms with Gasteiger partial charge in [0.2, 0.25) is 5.88 Å². The first-order chi connectivity index (χ1) is 8.95. The van der Waals surface area contributed by atoms with E-state index in [-0.39, 0.29) is 5.69 Å². The predicted octanol–water partition coefficient (Wildman–Crippen LogP) is 3.56. The first kappa shape index (κ1) is 13.4. The van der Waals surface area contributed by atoms with Crippen LogP contribution in [0.4, 0.5) is 5.69 Å². The van der Waals surface area contributed by atoms with Crippen LogP contribution in [0.2, 0.25) is 0 Å². The van der Waals surface area contributed by atoms with Crippen LogP contribution >= 0.6 is 15.9 Å². The molecule has 0 aliphatic rings. The summed E-state index contributed by atoms with van der Waals surface area (Å²) in [6.07, 6.45) is 0. The molecule has 0 fully saturated rings. The Labute approximate surface area is 117 Å². The number of rotatable bonds is 3. The number of benzene rings is 1. The van der Waals surface area contributed by atoms with Crippen LogP contribution in [0, 0.1) is 24.0 Å². The molecule has 19 heavy (non-hydrogen) atoms. The van der Waals surface area contributed by atoms with Gasteiger partial charge in [-0.05, 0) is 41.4 Å². The summed E-state index contributed by atoms with van der Waals surface area (Å²) in [6, 6.07) is 6.04. The van der Waals surface area contributed by atoms with Crippen molar-refractivity contribution in [2.75, 3.05) is 0 Å². The Morgan fingerprint density at radius 2 is 2.00 bits per heavy atom. The molecule has 0 unspecified atom stereocenters. The third-order valence-corrected chi connectivity index (χ3v) is 2.77. The number of hydrogen-bond donors (Lipinski definition) is 0. The standard InChI is InChI=1S/C12H10BrN3O3/c1-7-5-9(16(17)18)3-4-10(7)19-12-6-11(13)14-8(2)15-12/h3-6H,1-2H3. The minimum atomic E-state index is -0.442. The van der Waals surface area contributed by atoms with Crippen LogP contribution in [-0.2, 0) is 0 Å². The number of nitrogens with zero attached hydrogens (tertiary/aromatic N) is 3. The molecule has 1 heterocycles. The zero-order valence-electron chi connectivity index (χ0n) is 10.3. The Morgan fingerprint density at radius 1 is 1.26 bits per heavy atom. The van der Waals surface area contributed by atoms with Crippen LogP contribution in [0.3, 0.4) is 0 Å². The fourth-order valence-electron chi connectivity index (χ4n) is 1.53. The lowest BCUT2D eigenvalue weighted by Crippen LogP contribution is -1.95.